The molecule has 0 unspecified atom stereocenters. The van der Waals surface area contributed by atoms with Crippen molar-refractivity contribution in [3.8, 4) is 0 Å². The Balaban J connectivity index is 2.35. The molecule has 0 aromatic carbocycles. The Kier molecular flexibility index (Phi) is 2.86. The molecular formula is C10H16O. The van der Waals surface area contributed by atoms with Crippen LogP contribution in [0.2, 0.25) is 0 Å². The molecule has 1 aliphatic rings. The molecule has 0 radical (unpaired) electrons. The molecule has 0 heterocycles. The average Bonchev–Trinajstić information content (AvgIpc) is 2.67. The zero-order valence-electron chi connectivity index (χ0n) is 7.39. The van der Waals surface area contributed by atoms with E-state index in [1.54, 1.807) is 0 Å². The van der Waals surface area contributed by atoms with Crippen molar-refractivity contribution < 1.29 is 4.79 Å². The first-order valence-corrected chi connectivity index (χ1v) is 4.45. The SMILES string of the molecule is CCCC(=O)/C=C(/C)C1CC1. The lowest BCUT2D eigenvalue weighted by atomic mass is 10.1. The lowest BCUT2D eigenvalue weighted by molar-refractivity contribution is -0.114. The summed E-state index contributed by atoms with van der Waals surface area (Å²) in [6, 6.07) is 0. The molecule has 0 aliphatic heterocycles. The van der Waals surface area contributed by atoms with Gasteiger partial charge in [0.1, 0.15) is 0 Å². The molecule has 0 aromatic heterocycles. The number of rotatable bonds is 4. The van der Waals surface area contributed by atoms with Crippen molar-refractivity contribution in [2.75, 3.05) is 0 Å². The minimum atomic E-state index is 0.303. The second kappa shape index (κ2) is 3.70. The van der Waals surface area contributed by atoms with E-state index in [1.807, 2.05) is 13.0 Å². The van der Waals surface area contributed by atoms with Crippen LogP contribution in [0.25, 0.3) is 0 Å². The monoisotopic (exact) mass is 152 g/mol. The van der Waals surface area contributed by atoms with Crippen LogP contribution < -0.4 is 0 Å². The molecule has 0 amide bonds. The van der Waals surface area contributed by atoms with Crippen LogP contribution in [0.1, 0.15) is 39.5 Å². The predicted octanol–water partition coefficient (Wildman–Crippen LogP) is 2.71. The largest absolute Gasteiger partial charge is 0.295 e. The molecule has 0 aromatic rings. The van der Waals surface area contributed by atoms with Gasteiger partial charge in [-0.15, -0.1) is 0 Å². The maximum Gasteiger partial charge on any atom is 0.155 e. The van der Waals surface area contributed by atoms with Crippen LogP contribution in [0.4, 0.5) is 0 Å². The van der Waals surface area contributed by atoms with Crippen molar-refractivity contribution in [1.29, 1.82) is 0 Å². The first-order chi connectivity index (χ1) is 5.24. The van der Waals surface area contributed by atoms with Crippen molar-refractivity contribution in [2.24, 2.45) is 5.92 Å². The number of carbonyl (C=O) groups is 1. The highest BCUT2D eigenvalue weighted by atomic mass is 16.1. The lowest BCUT2D eigenvalue weighted by Gasteiger charge is -1.95. The number of hydrogen-bond acceptors (Lipinski definition) is 1. The molecule has 1 nitrogen and oxygen atoms in total. The Morgan fingerprint density at radius 2 is 2.18 bits per heavy atom. The summed E-state index contributed by atoms with van der Waals surface area (Å²) in [4.78, 5) is 11.1. The number of carbonyl (C=O) groups excluding carboxylic acids is 1. The van der Waals surface area contributed by atoms with Gasteiger partial charge in [-0.1, -0.05) is 12.5 Å². The van der Waals surface area contributed by atoms with E-state index in [1.165, 1.54) is 18.4 Å². The Hall–Kier alpha value is -0.590. The van der Waals surface area contributed by atoms with E-state index in [9.17, 15) is 4.79 Å². The van der Waals surface area contributed by atoms with E-state index in [2.05, 4.69) is 6.92 Å². The van der Waals surface area contributed by atoms with Gasteiger partial charge in [-0.3, -0.25) is 4.79 Å². The van der Waals surface area contributed by atoms with Crippen LogP contribution in [0.15, 0.2) is 11.6 Å². The Morgan fingerprint density at radius 1 is 1.55 bits per heavy atom. The molecule has 1 saturated carbocycles. The van der Waals surface area contributed by atoms with Crippen LogP contribution >= 0.6 is 0 Å². The smallest absolute Gasteiger partial charge is 0.155 e. The van der Waals surface area contributed by atoms with Gasteiger partial charge in [0.2, 0.25) is 0 Å². The molecule has 1 rings (SSSR count). The van der Waals surface area contributed by atoms with Crippen molar-refractivity contribution >= 4 is 5.78 Å². The molecule has 11 heavy (non-hydrogen) atoms. The lowest BCUT2D eigenvalue weighted by Crippen LogP contribution is -1.93. The van der Waals surface area contributed by atoms with Gasteiger partial charge < -0.3 is 0 Å². The van der Waals surface area contributed by atoms with Gasteiger partial charge in [0.15, 0.2) is 5.78 Å². The molecule has 0 N–H and O–H groups in total. The molecule has 0 saturated heterocycles. The Bertz CT molecular complexity index is 175. The third-order valence-corrected chi connectivity index (χ3v) is 2.11. The molecule has 0 spiro atoms. The standard InChI is InChI=1S/C10H16O/c1-3-4-10(11)7-8(2)9-5-6-9/h7,9H,3-6H2,1-2H3/b8-7-. The molecule has 62 valence electrons. The summed E-state index contributed by atoms with van der Waals surface area (Å²) < 4.78 is 0. The van der Waals surface area contributed by atoms with Gasteiger partial charge in [-0.25, -0.2) is 0 Å². The van der Waals surface area contributed by atoms with Crippen LogP contribution in [-0.2, 0) is 4.79 Å². The highest BCUT2D eigenvalue weighted by molar-refractivity contribution is 5.90. The summed E-state index contributed by atoms with van der Waals surface area (Å²) in [7, 11) is 0. The highest BCUT2D eigenvalue weighted by Crippen LogP contribution is 2.35. The van der Waals surface area contributed by atoms with Crippen LogP contribution in [0.3, 0.4) is 0 Å². The molecule has 0 bridgehead atoms. The molecule has 0 atom stereocenters. The van der Waals surface area contributed by atoms with Gasteiger partial charge in [-0.2, -0.15) is 0 Å². The quantitative estimate of drug-likeness (QED) is 0.566. The zero-order valence-corrected chi connectivity index (χ0v) is 7.39. The number of allylic oxidation sites excluding steroid dienone is 2. The first kappa shape index (κ1) is 8.51. The fraction of sp³-hybridized carbons (Fsp3) is 0.700. The summed E-state index contributed by atoms with van der Waals surface area (Å²) in [6.45, 7) is 4.11. The van der Waals surface area contributed by atoms with Gasteiger partial charge >= 0.3 is 0 Å². The van der Waals surface area contributed by atoms with Gasteiger partial charge in [0.05, 0.1) is 0 Å². The summed E-state index contributed by atoms with van der Waals surface area (Å²) in [5.74, 6) is 1.05. The van der Waals surface area contributed by atoms with Crippen LogP contribution in [0.5, 0.6) is 0 Å². The fourth-order valence-electron chi connectivity index (χ4n) is 1.23. The van der Waals surface area contributed by atoms with Gasteiger partial charge in [0, 0.05) is 6.42 Å². The van der Waals surface area contributed by atoms with E-state index in [4.69, 9.17) is 0 Å². The van der Waals surface area contributed by atoms with E-state index < -0.39 is 0 Å². The first-order valence-electron chi connectivity index (χ1n) is 4.45. The predicted molar refractivity (Wildman–Crippen MR) is 46.4 cm³/mol. The van der Waals surface area contributed by atoms with E-state index >= 15 is 0 Å². The Morgan fingerprint density at radius 3 is 2.64 bits per heavy atom. The highest BCUT2D eigenvalue weighted by Gasteiger charge is 2.23. The van der Waals surface area contributed by atoms with E-state index in [-0.39, 0.29) is 0 Å². The van der Waals surface area contributed by atoms with E-state index in [0.29, 0.717) is 12.2 Å². The normalized spacial score (nSPS) is 18.5. The minimum absolute atomic E-state index is 0.303. The summed E-state index contributed by atoms with van der Waals surface area (Å²) in [5.41, 5.74) is 1.29. The number of ketones is 1. The van der Waals surface area contributed by atoms with Gasteiger partial charge in [0.25, 0.3) is 0 Å². The van der Waals surface area contributed by atoms with Crippen molar-refractivity contribution in [2.45, 2.75) is 39.5 Å². The third kappa shape index (κ3) is 2.87. The molecule has 1 heteroatoms. The molecule has 1 aliphatic carbocycles. The average molecular weight is 152 g/mol. The summed E-state index contributed by atoms with van der Waals surface area (Å²) in [6.07, 6.45) is 6.10. The van der Waals surface area contributed by atoms with E-state index in [0.717, 1.165) is 12.3 Å². The second-order valence-electron chi connectivity index (χ2n) is 3.38. The Labute approximate surface area is 68.5 Å². The maximum atomic E-state index is 11.1. The van der Waals surface area contributed by atoms with Crippen LogP contribution in [0, 0.1) is 5.92 Å². The number of hydrogen-bond donors (Lipinski definition) is 0. The summed E-state index contributed by atoms with van der Waals surface area (Å²) in [5, 5.41) is 0. The second-order valence-corrected chi connectivity index (χ2v) is 3.38. The maximum absolute atomic E-state index is 11.1. The van der Waals surface area contributed by atoms with Crippen molar-refractivity contribution in [1.82, 2.24) is 0 Å². The third-order valence-electron chi connectivity index (χ3n) is 2.11. The van der Waals surface area contributed by atoms with Crippen LogP contribution in [-0.4, -0.2) is 5.78 Å². The fourth-order valence-corrected chi connectivity index (χ4v) is 1.23. The molecular weight excluding hydrogens is 136 g/mol. The summed E-state index contributed by atoms with van der Waals surface area (Å²) >= 11 is 0. The minimum Gasteiger partial charge on any atom is -0.295 e. The molecule has 1 fully saturated rings. The topological polar surface area (TPSA) is 17.1 Å². The van der Waals surface area contributed by atoms with Gasteiger partial charge in [-0.05, 0) is 38.2 Å². The van der Waals surface area contributed by atoms with Crippen molar-refractivity contribution in [3.63, 3.8) is 0 Å². The zero-order chi connectivity index (χ0) is 8.27. The van der Waals surface area contributed by atoms with Crippen molar-refractivity contribution in [3.05, 3.63) is 11.6 Å².